The molecule has 1 aromatic heterocycles. The fourth-order valence-electron chi connectivity index (χ4n) is 1.26. The zero-order chi connectivity index (χ0) is 9.97. The Morgan fingerprint density at radius 2 is 2.36 bits per heavy atom. The number of nitrogens with one attached hydrogen (secondary N) is 2. The van der Waals surface area contributed by atoms with E-state index < -0.39 is 0 Å². The van der Waals surface area contributed by atoms with E-state index in [0.717, 1.165) is 18.8 Å². The second kappa shape index (κ2) is 3.60. The third-order valence-electron chi connectivity index (χ3n) is 2.08. The fourth-order valence-corrected chi connectivity index (χ4v) is 1.26. The Kier molecular flexibility index (Phi) is 2.29. The maximum absolute atomic E-state index is 8.71. The predicted molar refractivity (Wildman–Crippen MR) is 51.8 cm³/mol. The van der Waals surface area contributed by atoms with Crippen LogP contribution >= 0.6 is 0 Å². The maximum atomic E-state index is 8.71. The molecule has 0 aliphatic carbocycles. The molecule has 0 radical (unpaired) electrons. The SMILES string of the molecule is Cc1cc(C#N)nc(NC2CNC2)n1. The zero-order valence-electron chi connectivity index (χ0n) is 7.91. The Bertz CT molecular complexity index is 377. The zero-order valence-corrected chi connectivity index (χ0v) is 7.91. The summed E-state index contributed by atoms with van der Waals surface area (Å²) in [6, 6.07) is 4.07. The molecular weight excluding hydrogens is 178 g/mol. The number of nitriles is 1. The molecule has 1 fully saturated rings. The van der Waals surface area contributed by atoms with Crippen LogP contribution in [0.4, 0.5) is 5.95 Å². The molecule has 5 heteroatoms. The summed E-state index contributed by atoms with van der Waals surface area (Å²) in [6.45, 7) is 3.71. The second-order valence-electron chi connectivity index (χ2n) is 3.33. The van der Waals surface area contributed by atoms with Crippen LogP contribution in [0.15, 0.2) is 6.07 Å². The van der Waals surface area contributed by atoms with Gasteiger partial charge < -0.3 is 10.6 Å². The van der Waals surface area contributed by atoms with E-state index >= 15 is 0 Å². The molecule has 1 aromatic rings. The highest BCUT2D eigenvalue weighted by atomic mass is 15.2. The first kappa shape index (κ1) is 8.91. The minimum Gasteiger partial charge on any atom is -0.349 e. The lowest BCUT2D eigenvalue weighted by atomic mass is 10.2. The van der Waals surface area contributed by atoms with E-state index in [4.69, 9.17) is 5.26 Å². The third-order valence-corrected chi connectivity index (χ3v) is 2.08. The molecule has 5 nitrogen and oxygen atoms in total. The first-order valence-electron chi connectivity index (χ1n) is 4.51. The van der Waals surface area contributed by atoms with E-state index in [-0.39, 0.29) is 0 Å². The van der Waals surface area contributed by atoms with Crippen molar-refractivity contribution in [3.05, 3.63) is 17.5 Å². The molecule has 72 valence electrons. The van der Waals surface area contributed by atoms with Crippen LogP contribution in [-0.2, 0) is 0 Å². The van der Waals surface area contributed by atoms with Gasteiger partial charge in [-0.3, -0.25) is 0 Å². The summed E-state index contributed by atoms with van der Waals surface area (Å²) < 4.78 is 0. The van der Waals surface area contributed by atoms with Gasteiger partial charge in [0.15, 0.2) is 0 Å². The molecule has 0 saturated carbocycles. The number of anilines is 1. The molecule has 1 aliphatic rings. The number of hydrogen-bond donors (Lipinski definition) is 2. The molecule has 0 unspecified atom stereocenters. The molecule has 1 aliphatic heterocycles. The Morgan fingerprint density at radius 3 is 2.93 bits per heavy atom. The molecule has 0 bridgehead atoms. The minimum absolute atomic E-state index is 0.392. The van der Waals surface area contributed by atoms with Crippen molar-refractivity contribution in [3.8, 4) is 6.07 Å². The Hall–Kier alpha value is -1.67. The molecule has 0 spiro atoms. The second-order valence-corrected chi connectivity index (χ2v) is 3.33. The van der Waals surface area contributed by atoms with Crippen molar-refractivity contribution in [3.63, 3.8) is 0 Å². The van der Waals surface area contributed by atoms with Crippen molar-refractivity contribution in [2.24, 2.45) is 0 Å². The van der Waals surface area contributed by atoms with E-state index in [1.54, 1.807) is 6.07 Å². The third kappa shape index (κ3) is 1.80. The summed E-state index contributed by atoms with van der Waals surface area (Å²) >= 11 is 0. The lowest BCUT2D eigenvalue weighted by molar-refractivity contribution is 0.469. The lowest BCUT2D eigenvalue weighted by Gasteiger charge is -2.27. The smallest absolute Gasteiger partial charge is 0.224 e. The van der Waals surface area contributed by atoms with Crippen molar-refractivity contribution in [2.45, 2.75) is 13.0 Å². The number of rotatable bonds is 2. The van der Waals surface area contributed by atoms with E-state index in [2.05, 4.69) is 20.6 Å². The summed E-state index contributed by atoms with van der Waals surface area (Å²) in [5.74, 6) is 0.549. The van der Waals surface area contributed by atoms with Gasteiger partial charge in [-0.05, 0) is 13.0 Å². The summed E-state index contributed by atoms with van der Waals surface area (Å²) in [5, 5.41) is 15.0. The highest BCUT2D eigenvalue weighted by Gasteiger charge is 2.17. The van der Waals surface area contributed by atoms with E-state index in [1.807, 2.05) is 13.0 Å². The standard InChI is InChI=1S/C9H11N5/c1-6-2-7(3-10)13-9(12-6)14-8-4-11-5-8/h2,8,11H,4-5H2,1H3,(H,12,13,14). The van der Waals surface area contributed by atoms with Gasteiger partial charge >= 0.3 is 0 Å². The fraction of sp³-hybridized carbons (Fsp3) is 0.444. The van der Waals surface area contributed by atoms with Crippen LogP contribution in [0, 0.1) is 18.3 Å². The molecule has 0 aromatic carbocycles. The van der Waals surface area contributed by atoms with Crippen molar-refractivity contribution >= 4 is 5.95 Å². The minimum atomic E-state index is 0.392. The van der Waals surface area contributed by atoms with Gasteiger partial charge in [0, 0.05) is 18.8 Å². The monoisotopic (exact) mass is 189 g/mol. The predicted octanol–water partition coefficient (Wildman–Crippen LogP) is 0.0404. The summed E-state index contributed by atoms with van der Waals surface area (Å²) in [7, 11) is 0. The van der Waals surface area contributed by atoms with Crippen LogP contribution in [0.25, 0.3) is 0 Å². The molecule has 2 heterocycles. The van der Waals surface area contributed by atoms with Gasteiger partial charge in [0.25, 0.3) is 0 Å². The maximum Gasteiger partial charge on any atom is 0.224 e. The molecule has 0 atom stereocenters. The normalized spacial score (nSPS) is 15.7. The van der Waals surface area contributed by atoms with Gasteiger partial charge in [-0.2, -0.15) is 5.26 Å². The highest BCUT2D eigenvalue weighted by Crippen LogP contribution is 2.06. The average Bonchev–Trinajstić information content (AvgIpc) is 2.10. The molecule has 0 amide bonds. The van der Waals surface area contributed by atoms with Gasteiger partial charge in [-0.25, -0.2) is 9.97 Å². The van der Waals surface area contributed by atoms with Crippen LogP contribution < -0.4 is 10.6 Å². The van der Waals surface area contributed by atoms with Gasteiger partial charge in [0.1, 0.15) is 11.8 Å². The number of hydrogen-bond acceptors (Lipinski definition) is 5. The van der Waals surface area contributed by atoms with Gasteiger partial charge in [0.05, 0.1) is 6.04 Å². The number of aryl methyl sites for hydroxylation is 1. The molecular formula is C9H11N5. The van der Waals surface area contributed by atoms with Crippen molar-refractivity contribution in [1.82, 2.24) is 15.3 Å². The van der Waals surface area contributed by atoms with E-state index in [9.17, 15) is 0 Å². The first-order chi connectivity index (χ1) is 6.78. The summed E-state index contributed by atoms with van der Waals surface area (Å²) in [4.78, 5) is 8.27. The van der Waals surface area contributed by atoms with Gasteiger partial charge in [-0.15, -0.1) is 0 Å². The first-order valence-corrected chi connectivity index (χ1v) is 4.51. The molecule has 2 N–H and O–H groups in total. The van der Waals surface area contributed by atoms with Crippen LogP contribution in [0.1, 0.15) is 11.4 Å². The van der Waals surface area contributed by atoms with Crippen LogP contribution in [-0.4, -0.2) is 29.1 Å². The Labute approximate surface area is 82.2 Å². The largest absolute Gasteiger partial charge is 0.349 e. The van der Waals surface area contributed by atoms with Gasteiger partial charge in [-0.1, -0.05) is 0 Å². The highest BCUT2D eigenvalue weighted by molar-refractivity contribution is 5.34. The van der Waals surface area contributed by atoms with Crippen molar-refractivity contribution in [1.29, 1.82) is 5.26 Å². The van der Waals surface area contributed by atoms with E-state index in [1.165, 1.54) is 0 Å². The molecule has 2 rings (SSSR count). The van der Waals surface area contributed by atoms with Crippen LogP contribution in [0.5, 0.6) is 0 Å². The van der Waals surface area contributed by atoms with Gasteiger partial charge in [0.2, 0.25) is 5.95 Å². The van der Waals surface area contributed by atoms with Crippen molar-refractivity contribution in [2.75, 3.05) is 18.4 Å². The summed E-state index contributed by atoms with van der Waals surface area (Å²) in [5.41, 5.74) is 1.22. The number of nitrogens with zero attached hydrogens (tertiary/aromatic N) is 3. The average molecular weight is 189 g/mol. The quantitative estimate of drug-likeness (QED) is 0.687. The van der Waals surface area contributed by atoms with Crippen molar-refractivity contribution < 1.29 is 0 Å². The topological polar surface area (TPSA) is 73.6 Å². The Morgan fingerprint density at radius 1 is 1.57 bits per heavy atom. The van der Waals surface area contributed by atoms with Crippen LogP contribution in [0.3, 0.4) is 0 Å². The van der Waals surface area contributed by atoms with E-state index in [0.29, 0.717) is 17.7 Å². The molecule has 1 saturated heterocycles. The van der Waals surface area contributed by atoms with Crippen LogP contribution in [0.2, 0.25) is 0 Å². The lowest BCUT2D eigenvalue weighted by Crippen LogP contribution is -2.51. The summed E-state index contributed by atoms with van der Waals surface area (Å²) in [6.07, 6.45) is 0. The molecule has 14 heavy (non-hydrogen) atoms. The Balaban J connectivity index is 2.16. The number of aromatic nitrogens is 2.